The maximum absolute atomic E-state index is 13.0. The van der Waals surface area contributed by atoms with Gasteiger partial charge in [0, 0.05) is 27.4 Å². The van der Waals surface area contributed by atoms with Crippen LogP contribution in [-0.4, -0.2) is 49.9 Å². The van der Waals surface area contributed by atoms with Crippen LogP contribution in [0.1, 0.15) is 15.9 Å². The number of nitrogens with zero attached hydrogens (tertiary/aromatic N) is 4. The van der Waals surface area contributed by atoms with Gasteiger partial charge in [-0.05, 0) is 90.7 Å². The van der Waals surface area contributed by atoms with E-state index < -0.39 is 50.9 Å². The first kappa shape index (κ1) is 40.2. The van der Waals surface area contributed by atoms with Gasteiger partial charge in [-0.1, -0.05) is 30.3 Å². The Morgan fingerprint density at radius 3 is 1.81 bits per heavy atom. The molecule has 54 heavy (non-hydrogen) atoms. The second-order valence-corrected chi connectivity index (χ2v) is 15.6. The van der Waals surface area contributed by atoms with Gasteiger partial charge >= 0.3 is 29.6 Å². The molecule has 0 saturated carbocycles. The van der Waals surface area contributed by atoms with Gasteiger partial charge in [0.15, 0.2) is 5.75 Å². The van der Waals surface area contributed by atoms with Crippen molar-refractivity contribution >= 4 is 86.2 Å². The molecule has 0 aliphatic rings. The molecule has 0 fully saturated rings. The smallest absolute Gasteiger partial charge is 0.505 e. The molecule has 5 N–H and O–H groups in total. The molecular formula is C34H25N5NaO11S3+. The topological polar surface area (TPSA) is 262 Å². The van der Waals surface area contributed by atoms with Crippen molar-refractivity contribution in [3.05, 3.63) is 114 Å². The fourth-order valence-electron chi connectivity index (χ4n) is 5.26. The molecule has 0 bridgehead atoms. The summed E-state index contributed by atoms with van der Waals surface area (Å²) in [6, 6.07) is 23.5. The molecule has 0 aliphatic heterocycles. The van der Waals surface area contributed by atoms with Crippen molar-refractivity contribution in [3.63, 3.8) is 0 Å². The minimum absolute atomic E-state index is 0. The molecule has 0 radical (unpaired) electrons. The van der Waals surface area contributed by atoms with E-state index in [9.17, 15) is 48.8 Å². The zero-order valence-corrected chi connectivity index (χ0v) is 32.4. The van der Waals surface area contributed by atoms with E-state index in [1.807, 2.05) is 0 Å². The van der Waals surface area contributed by atoms with E-state index in [0.717, 1.165) is 12.1 Å². The van der Waals surface area contributed by atoms with Gasteiger partial charge in [-0.2, -0.15) is 40.6 Å². The predicted octanol–water partition coefficient (Wildman–Crippen LogP) is 4.83. The molecule has 16 nitrogen and oxygen atoms in total. The summed E-state index contributed by atoms with van der Waals surface area (Å²) in [5.74, 6) is -0.798. The van der Waals surface area contributed by atoms with Crippen LogP contribution < -0.4 is 34.9 Å². The first-order valence-corrected chi connectivity index (χ1v) is 19.3. The van der Waals surface area contributed by atoms with Crippen molar-refractivity contribution in [3.8, 4) is 5.75 Å². The summed E-state index contributed by atoms with van der Waals surface area (Å²) < 4.78 is 99.8. The Balaban J connectivity index is 0.00000561. The molecule has 6 aromatic carbocycles. The summed E-state index contributed by atoms with van der Waals surface area (Å²) >= 11 is 0. The monoisotopic (exact) mass is 798 g/mol. The van der Waals surface area contributed by atoms with Gasteiger partial charge in [0.2, 0.25) is 0 Å². The van der Waals surface area contributed by atoms with E-state index in [2.05, 4.69) is 25.8 Å². The van der Waals surface area contributed by atoms with Crippen molar-refractivity contribution in [2.75, 3.05) is 5.32 Å². The van der Waals surface area contributed by atoms with Gasteiger partial charge in [-0.3, -0.25) is 18.5 Å². The van der Waals surface area contributed by atoms with E-state index in [1.54, 1.807) is 37.3 Å². The fraction of sp³-hybridized carbons (Fsp3) is 0.0294. The van der Waals surface area contributed by atoms with Gasteiger partial charge in [0.25, 0.3) is 36.3 Å². The quantitative estimate of drug-likeness (QED) is 0.0751. The van der Waals surface area contributed by atoms with E-state index in [0.29, 0.717) is 23.0 Å². The molecule has 0 heterocycles. The second-order valence-electron chi connectivity index (χ2n) is 11.4. The molecule has 6 rings (SSSR count). The van der Waals surface area contributed by atoms with Crippen LogP contribution in [-0.2, 0) is 30.4 Å². The van der Waals surface area contributed by atoms with Crippen LogP contribution in [0.15, 0.2) is 138 Å². The van der Waals surface area contributed by atoms with Crippen LogP contribution in [0.2, 0.25) is 0 Å². The number of rotatable bonds is 9. The minimum Gasteiger partial charge on any atom is -0.505 e. The molecule has 20 heteroatoms. The summed E-state index contributed by atoms with van der Waals surface area (Å²) in [5.41, 5.74) is 1.93. The zero-order valence-electron chi connectivity index (χ0n) is 28.0. The van der Waals surface area contributed by atoms with Gasteiger partial charge in [-0.15, -0.1) is 5.11 Å². The number of carbonyl (C=O) groups excluding carboxylic acids is 1. The van der Waals surface area contributed by atoms with Crippen molar-refractivity contribution in [2.24, 2.45) is 20.5 Å². The number of phenols is 1. The van der Waals surface area contributed by atoms with Crippen LogP contribution in [0.5, 0.6) is 5.75 Å². The van der Waals surface area contributed by atoms with Crippen molar-refractivity contribution < 1.29 is 78.4 Å². The Hall–Kier alpha value is -4.96. The summed E-state index contributed by atoms with van der Waals surface area (Å²) in [6.07, 6.45) is 0. The third-order valence-corrected chi connectivity index (χ3v) is 10.4. The molecule has 0 aliphatic carbocycles. The van der Waals surface area contributed by atoms with Crippen molar-refractivity contribution in [2.45, 2.75) is 21.6 Å². The molecule has 0 atom stereocenters. The van der Waals surface area contributed by atoms with Crippen molar-refractivity contribution in [1.29, 1.82) is 0 Å². The SMILES string of the molecule is Cc1cc(NC(=O)c2ccc(N=Nc3cc(S(=O)(=O)O)c4ccccc4c3O)cc2)ccc1N=Nc1ccc2cc(S(=O)(=O)O)cc(S(=O)(=O)O)c2c1.[Na+]. The van der Waals surface area contributed by atoms with Gasteiger partial charge in [0.1, 0.15) is 15.5 Å². The average molecular weight is 799 g/mol. The van der Waals surface area contributed by atoms with E-state index in [1.165, 1.54) is 54.6 Å². The maximum atomic E-state index is 13.0. The van der Waals surface area contributed by atoms with Crippen LogP contribution in [0.3, 0.4) is 0 Å². The number of benzene rings is 6. The largest absolute Gasteiger partial charge is 1.00 e. The Labute approximate surface area is 329 Å². The minimum atomic E-state index is -4.89. The summed E-state index contributed by atoms with van der Waals surface area (Å²) in [4.78, 5) is 11.1. The standard InChI is InChI=1S/C34H25N5O11S3.Na/c1-19-14-23(12-13-29(19)38-37-24-11-8-21-15-25(51(42,43)44)17-31(28(21)16-24)52(45,46)47)35-34(41)20-6-9-22(10-7-20)36-39-30-18-32(53(48,49)50)26-4-2-3-5-27(26)33(30)40;/h2-18,40H,1H3,(H,35,41)(H,42,43,44)(H,45,46,47)(H,48,49,50);/q;+1. The number of hydrogen-bond donors (Lipinski definition) is 5. The molecule has 6 aromatic rings. The number of phenolic OH excluding ortho intramolecular Hbond substituents is 1. The average Bonchev–Trinajstić information content (AvgIpc) is 3.09. The first-order chi connectivity index (χ1) is 24.9. The Morgan fingerprint density at radius 2 is 1.19 bits per heavy atom. The second kappa shape index (κ2) is 15.4. The van der Waals surface area contributed by atoms with Crippen molar-refractivity contribution in [1.82, 2.24) is 0 Å². The maximum Gasteiger partial charge on any atom is 1.00 e. The zero-order chi connectivity index (χ0) is 38.3. The summed E-state index contributed by atoms with van der Waals surface area (Å²) in [6.45, 7) is 1.71. The number of fused-ring (bicyclic) bond motifs is 2. The van der Waals surface area contributed by atoms with Crippen LogP contribution in [0.4, 0.5) is 28.4 Å². The molecule has 1 amide bonds. The number of nitrogens with one attached hydrogen (secondary N) is 1. The predicted molar refractivity (Wildman–Crippen MR) is 193 cm³/mol. The first-order valence-electron chi connectivity index (χ1n) is 15.0. The van der Waals surface area contributed by atoms with Gasteiger partial charge in [-0.25, -0.2) is 0 Å². The summed E-state index contributed by atoms with van der Waals surface area (Å²) in [5, 5.41) is 30.0. The van der Waals surface area contributed by atoms with Crippen LogP contribution in [0, 0.1) is 6.92 Å². The van der Waals surface area contributed by atoms with E-state index in [-0.39, 0.29) is 79.5 Å². The normalized spacial score (nSPS) is 12.4. The number of carbonyl (C=O) groups is 1. The number of azo groups is 2. The third kappa shape index (κ3) is 8.87. The van der Waals surface area contributed by atoms with Crippen LogP contribution >= 0.6 is 0 Å². The molecule has 0 unspecified atom stereocenters. The Kier molecular flexibility index (Phi) is 11.5. The number of aryl methyl sites for hydroxylation is 1. The Morgan fingerprint density at radius 1 is 0.593 bits per heavy atom. The Bertz CT molecular complexity index is 2890. The third-order valence-electron chi connectivity index (χ3n) is 7.82. The molecule has 0 spiro atoms. The fourth-order valence-corrected chi connectivity index (χ4v) is 7.33. The van der Waals surface area contributed by atoms with Gasteiger partial charge in [0.05, 0.1) is 22.0 Å². The molecule has 270 valence electrons. The number of amides is 1. The molecule has 0 saturated heterocycles. The van der Waals surface area contributed by atoms with Gasteiger partial charge < -0.3 is 10.4 Å². The molecule has 0 aromatic heterocycles. The van der Waals surface area contributed by atoms with E-state index in [4.69, 9.17) is 0 Å². The van der Waals surface area contributed by atoms with Crippen LogP contribution in [0.25, 0.3) is 21.5 Å². The number of anilines is 1. The molecular weight excluding hydrogens is 774 g/mol. The number of hydrogen-bond acceptors (Lipinski definition) is 12. The van der Waals surface area contributed by atoms with E-state index >= 15 is 0 Å². The summed E-state index contributed by atoms with van der Waals surface area (Å²) in [7, 11) is -14.3. The number of aromatic hydroxyl groups is 1.